The van der Waals surface area contributed by atoms with Gasteiger partial charge in [-0.2, -0.15) is 0 Å². The highest BCUT2D eigenvalue weighted by Gasteiger charge is 2.19. The molecule has 0 radical (unpaired) electrons. The van der Waals surface area contributed by atoms with Gasteiger partial charge >= 0.3 is 0 Å². The molecular formula is C26H36. The molecule has 0 fully saturated rings. The number of rotatable bonds is 2. The van der Waals surface area contributed by atoms with Gasteiger partial charge in [0.15, 0.2) is 0 Å². The Morgan fingerprint density at radius 3 is 0.654 bits per heavy atom. The molecule has 0 N–H and O–H groups in total. The highest BCUT2D eigenvalue weighted by atomic mass is 14.2. The molecule has 0 saturated heterocycles. The molecule has 0 aromatic heterocycles. The summed E-state index contributed by atoms with van der Waals surface area (Å²) in [7, 11) is 0. The van der Waals surface area contributed by atoms with Crippen molar-refractivity contribution < 1.29 is 0 Å². The molecule has 2 aromatic rings. The fraction of sp³-hybridized carbons (Fsp3) is 0.462. The fourth-order valence-electron chi connectivity index (χ4n) is 4.50. The van der Waals surface area contributed by atoms with Crippen LogP contribution in [0.2, 0.25) is 0 Å². The molecule has 0 saturated carbocycles. The Morgan fingerprint density at radius 2 is 0.462 bits per heavy atom. The van der Waals surface area contributed by atoms with Gasteiger partial charge in [0, 0.05) is 0 Å². The van der Waals surface area contributed by atoms with Crippen molar-refractivity contribution in [3.63, 3.8) is 0 Å². The van der Waals surface area contributed by atoms with Crippen LogP contribution in [-0.2, 0) is 0 Å². The summed E-state index contributed by atoms with van der Waals surface area (Å²) in [6.07, 6.45) is 0. The molecule has 0 aliphatic carbocycles. The quantitative estimate of drug-likeness (QED) is 0.487. The summed E-state index contributed by atoms with van der Waals surface area (Å²) in [5.41, 5.74) is 20.0. The summed E-state index contributed by atoms with van der Waals surface area (Å²) in [5.74, 6) is 0. The molecular weight excluding hydrogens is 312 g/mol. The second kappa shape index (κ2) is 7.06. The smallest absolute Gasteiger partial charge is 0.0160 e. The molecule has 0 spiro atoms. The van der Waals surface area contributed by atoms with E-state index in [-0.39, 0.29) is 0 Å². The van der Waals surface area contributed by atoms with Gasteiger partial charge in [0.2, 0.25) is 0 Å². The second-order valence-corrected chi connectivity index (χ2v) is 8.25. The lowest BCUT2D eigenvalue weighted by Gasteiger charge is -2.24. The number of allylic oxidation sites excluding steroid dienone is 2. The molecule has 0 amide bonds. The molecule has 0 heteroatoms. The van der Waals surface area contributed by atoms with Crippen molar-refractivity contribution in [2.45, 2.75) is 83.1 Å². The maximum Gasteiger partial charge on any atom is -0.0160 e. The first kappa shape index (κ1) is 20.5. The Labute approximate surface area is 161 Å². The van der Waals surface area contributed by atoms with Crippen LogP contribution in [0.1, 0.15) is 80.6 Å². The first-order chi connectivity index (χ1) is 11.9. The average molecular weight is 349 g/mol. The van der Waals surface area contributed by atoms with Crippen LogP contribution in [0.4, 0.5) is 0 Å². The summed E-state index contributed by atoms with van der Waals surface area (Å²) in [4.78, 5) is 0. The third kappa shape index (κ3) is 2.94. The van der Waals surface area contributed by atoms with Crippen LogP contribution in [0, 0.1) is 69.2 Å². The van der Waals surface area contributed by atoms with Crippen molar-refractivity contribution in [1.29, 1.82) is 0 Å². The molecule has 0 aliphatic heterocycles. The van der Waals surface area contributed by atoms with E-state index in [2.05, 4.69) is 83.1 Å². The maximum atomic E-state index is 2.31. The van der Waals surface area contributed by atoms with Crippen molar-refractivity contribution in [3.05, 3.63) is 66.8 Å². The largest absolute Gasteiger partial charge is 0.0447 e. The third-order valence-corrected chi connectivity index (χ3v) is 7.31. The van der Waals surface area contributed by atoms with Gasteiger partial charge in [-0.05, 0) is 161 Å². The summed E-state index contributed by atoms with van der Waals surface area (Å²) in [5, 5.41) is 0. The van der Waals surface area contributed by atoms with E-state index >= 15 is 0 Å². The van der Waals surface area contributed by atoms with E-state index in [9.17, 15) is 0 Å². The van der Waals surface area contributed by atoms with Gasteiger partial charge in [-0.15, -0.1) is 0 Å². The Morgan fingerprint density at radius 1 is 0.308 bits per heavy atom. The summed E-state index contributed by atoms with van der Waals surface area (Å²) in [6.45, 7) is 27.3. The average Bonchev–Trinajstić information content (AvgIpc) is 2.61. The lowest BCUT2D eigenvalue weighted by atomic mass is 9.81. The zero-order valence-electron chi connectivity index (χ0n) is 19.0. The number of hydrogen-bond acceptors (Lipinski definition) is 0. The van der Waals surface area contributed by atoms with Crippen LogP contribution in [0.3, 0.4) is 0 Å². The summed E-state index contributed by atoms with van der Waals surface area (Å²) < 4.78 is 0. The van der Waals surface area contributed by atoms with Crippen LogP contribution < -0.4 is 0 Å². The van der Waals surface area contributed by atoms with Crippen LogP contribution in [0.5, 0.6) is 0 Å². The van der Waals surface area contributed by atoms with Crippen molar-refractivity contribution in [2.24, 2.45) is 0 Å². The Hall–Kier alpha value is -1.82. The van der Waals surface area contributed by atoms with Gasteiger partial charge in [-0.3, -0.25) is 0 Å². The highest BCUT2D eigenvalue weighted by molar-refractivity contribution is 5.93. The van der Waals surface area contributed by atoms with Gasteiger partial charge in [0.05, 0.1) is 0 Å². The zero-order valence-corrected chi connectivity index (χ0v) is 19.0. The molecule has 0 aliphatic rings. The molecule has 0 bridgehead atoms. The fourth-order valence-corrected chi connectivity index (χ4v) is 4.50. The summed E-state index contributed by atoms with van der Waals surface area (Å²) in [6, 6.07) is 0. The number of benzene rings is 2. The van der Waals surface area contributed by atoms with E-state index in [1.165, 1.54) is 77.9 Å². The van der Waals surface area contributed by atoms with Crippen LogP contribution in [0.25, 0.3) is 11.1 Å². The van der Waals surface area contributed by atoms with Crippen molar-refractivity contribution >= 4 is 11.1 Å². The predicted molar refractivity (Wildman–Crippen MR) is 118 cm³/mol. The lowest BCUT2D eigenvalue weighted by molar-refractivity contribution is 1.15. The molecule has 0 heterocycles. The number of hydrogen-bond donors (Lipinski definition) is 0. The summed E-state index contributed by atoms with van der Waals surface area (Å²) >= 11 is 0. The van der Waals surface area contributed by atoms with Crippen LogP contribution >= 0.6 is 0 Å². The van der Waals surface area contributed by atoms with Crippen LogP contribution in [0.15, 0.2) is 0 Å². The monoisotopic (exact) mass is 348 g/mol. The molecule has 0 nitrogen and oxygen atoms in total. The van der Waals surface area contributed by atoms with Gasteiger partial charge in [0.1, 0.15) is 0 Å². The Kier molecular flexibility index (Phi) is 5.57. The minimum Gasteiger partial charge on any atom is -0.0447 e. The Balaban J connectivity index is 2.91. The first-order valence-electron chi connectivity index (χ1n) is 9.75. The van der Waals surface area contributed by atoms with E-state index in [0.29, 0.717) is 0 Å². The van der Waals surface area contributed by atoms with Crippen molar-refractivity contribution in [2.75, 3.05) is 0 Å². The zero-order chi connectivity index (χ0) is 20.1. The second-order valence-electron chi connectivity index (χ2n) is 8.25. The minimum absolute atomic E-state index is 1.42. The maximum absolute atomic E-state index is 2.31. The molecule has 0 atom stereocenters. The predicted octanol–water partition coefficient (Wildman–Crippen LogP) is 7.72. The highest BCUT2D eigenvalue weighted by Crippen LogP contribution is 2.38. The van der Waals surface area contributed by atoms with Crippen molar-refractivity contribution in [1.82, 2.24) is 0 Å². The molecule has 2 aromatic carbocycles. The van der Waals surface area contributed by atoms with Crippen LogP contribution in [-0.4, -0.2) is 0 Å². The molecule has 2 rings (SSSR count). The van der Waals surface area contributed by atoms with Gasteiger partial charge in [0.25, 0.3) is 0 Å². The van der Waals surface area contributed by atoms with Gasteiger partial charge in [-0.1, -0.05) is 0 Å². The molecule has 140 valence electrons. The lowest BCUT2D eigenvalue weighted by Crippen LogP contribution is -2.05. The van der Waals surface area contributed by atoms with Gasteiger partial charge < -0.3 is 0 Å². The topological polar surface area (TPSA) is 0 Å². The SMILES string of the molecule is CC(=C(C)c1c(C)c(C)c(C)c(C)c1C)c1c(C)c(C)c(C)c(C)c1C. The first-order valence-corrected chi connectivity index (χ1v) is 9.75. The van der Waals surface area contributed by atoms with E-state index in [1.54, 1.807) is 0 Å². The van der Waals surface area contributed by atoms with E-state index in [4.69, 9.17) is 0 Å². The van der Waals surface area contributed by atoms with Crippen molar-refractivity contribution in [3.8, 4) is 0 Å². The normalized spacial score (nSPS) is 12.5. The van der Waals surface area contributed by atoms with E-state index in [0.717, 1.165) is 0 Å². The third-order valence-electron chi connectivity index (χ3n) is 7.31. The van der Waals surface area contributed by atoms with E-state index in [1.807, 2.05) is 0 Å². The van der Waals surface area contributed by atoms with Gasteiger partial charge in [-0.25, -0.2) is 0 Å². The standard InChI is InChI=1S/C26H36/c1-13-15(3)19(7)25(20(8)16(13)4)23(11)24(12)26-21(9)17(5)14(2)18(6)22(26)10/h1-12H3. The molecule has 0 unspecified atom stereocenters. The minimum atomic E-state index is 1.42. The van der Waals surface area contributed by atoms with E-state index < -0.39 is 0 Å². The molecule has 26 heavy (non-hydrogen) atoms. The Bertz CT molecular complexity index is 798.